The third-order valence-corrected chi connectivity index (χ3v) is 5.96. The second kappa shape index (κ2) is 6.28. The van der Waals surface area contributed by atoms with Crippen molar-refractivity contribution in [1.29, 1.82) is 0 Å². The number of carbonyl (C=O) groups excluding carboxylic acids is 1. The van der Waals surface area contributed by atoms with Crippen LogP contribution in [0.1, 0.15) is 37.3 Å². The van der Waals surface area contributed by atoms with Gasteiger partial charge in [0.1, 0.15) is 10.4 Å². The molecule has 4 rings (SSSR count). The number of fused-ring (bicyclic) bond motifs is 1. The summed E-state index contributed by atoms with van der Waals surface area (Å²) in [5.74, 6) is 1.45. The Morgan fingerprint density at radius 2 is 2.12 bits per heavy atom. The van der Waals surface area contributed by atoms with Crippen LogP contribution in [0.4, 0.5) is 0 Å². The van der Waals surface area contributed by atoms with Gasteiger partial charge in [-0.3, -0.25) is 9.59 Å². The summed E-state index contributed by atoms with van der Waals surface area (Å²) in [7, 11) is 0. The molecule has 1 saturated heterocycles. The van der Waals surface area contributed by atoms with Crippen molar-refractivity contribution in [2.45, 2.75) is 32.2 Å². The summed E-state index contributed by atoms with van der Waals surface area (Å²) in [6.07, 6.45) is 2.89. The van der Waals surface area contributed by atoms with E-state index in [0.29, 0.717) is 27.2 Å². The molecule has 0 bridgehead atoms. The van der Waals surface area contributed by atoms with Gasteiger partial charge in [0, 0.05) is 12.1 Å². The van der Waals surface area contributed by atoms with Crippen molar-refractivity contribution in [2.24, 2.45) is 0 Å². The fourth-order valence-corrected chi connectivity index (χ4v) is 4.29. The minimum Gasteiger partial charge on any atom is -0.493 e. The molecular formula is C19H20N2O3S. The van der Waals surface area contributed by atoms with E-state index in [1.54, 1.807) is 0 Å². The number of carbonyl (C=O) groups is 1. The number of aromatic amines is 1. The second-order valence-corrected chi connectivity index (χ2v) is 7.73. The Bertz CT molecular complexity index is 1020. The van der Waals surface area contributed by atoms with Gasteiger partial charge in [-0.2, -0.15) is 0 Å². The van der Waals surface area contributed by atoms with Crippen LogP contribution in [-0.4, -0.2) is 30.0 Å². The zero-order chi connectivity index (χ0) is 17.6. The average Bonchev–Trinajstić information content (AvgIpc) is 3.12. The molecule has 0 saturated carbocycles. The number of ketones is 1. The average molecular weight is 356 g/mol. The van der Waals surface area contributed by atoms with Gasteiger partial charge in [-0.1, -0.05) is 13.0 Å². The van der Waals surface area contributed by atoms with Crippen molar-refractivity contribution in [3.05, 3.63) is 48.9 Å². The minimum atomic E-state index is -0.185. The zero-order valence-corrected chi connectivity index (χ0v) is 15.0. The molecule has 2 atom stereocenters. The third kappa shape index (κ3) is 2.96. The highest BCUT2D eigenvalue weighted by Crippen LogP contribution is 2.33. The molecular weight excluding hydrogens is 336 g/mol. The zero-order valence-electron chi connectivity index (χ0n) is 14.2. The molecule has 2 N–H and O–H groups in total. The molecule has 6 heteroatoms. The summed E-state index contributed by atoms with van der Waals surface area (Å²) in [4.78, 5) is 27.3. The highest BCUT2D eigenvalue weighted by atomic mass is 32.1. The maximum Gasteiger partial charge on any atom is 0.266 e. The normalized spacial score (nSPS) is 25.8. The SMILES string of the molecule is CC1NC/C(=c2/[nH]c(=O)/c(=C/c3ccc4c(c3)C(C)CCO4)s2)C1=O. The van der Waals surface area contributed by atoms with Gasteiger partial charge in [0.25, 0.3) is 5.56 Å². The predicted octanol–water partition coefficient (Wildman–Crippen LogP) is 0.863. The Morgan fingerprint density at radius 3 is 2.88 bits per heavy atom. The lowest BCUT2D eigenvalue weighted by atomic mass is 9.93. The largest absolute Gasteiger partial charge is 0.493 e. The van der Waals surface area contributed by atoms with Crippen LogP contribution in [0.15, 0.2) is 23.0 Å². The van der Waals surface area contributed by atoms with Crippen LogP contribution in [0.5, 0.6) is 5.75 Å². The van der Waals surface area contributed by atoms with Crippen molar-refractivity contribution in [2.75, 3.05) is 13.2 Å². The van der Waals surface area contributed by atoms with Gasteiger partial charge < -0.3 is 15.0 Å². The number of benzene rings is 1. The number of H-pyrrole nitrogens is 1. The minimum absolute atomic E-state index is 0.0591. The van der Waals surface area contributed by atoms with Crippen molar-refractivity contribution >= 4 is 28.8 Å². The first-order chi connectivity index (χ1) is 12.0. The molecule has 2 aliphatic rings. The molecule has 2 unspecified atom stereocenters. The first-order valence-corrected chi connectivity index (χ1v) is 9.33. The van der Waals surface area contributed by atoms with Gasteiger partial charge in [0.15, 0.2) is 5.78 Å². The number of thiazole rings is 1. The first-order valence-electron chi connectivity index (χ1n) is 8.51. The molecule has 1 aromatic heterocycles. The van der Waals surface area contributed by atoms with Gasteiger partial charge in [0.05, 0.1) is 17.2 Å². The molecule has 1 fully saturated rings. The smallest absolute Gasteiger partial charge is 0.266 e. The topological polar surface area (TPSA) is 71.2 Å². The first kappa shape index (κ1) is 16.3. The lowest BCUT2D eigenvalue weighted by Gasteiger charge is -2.23. The van der Waals surface area contributed by atoms with E-state index in [9.17, 15) is 9.59 Å². The van der Waals surface area contributed by atoms with E-state index in [4.69, 9.17) is 4.74 Å². The number of hydrogen-bond acceptors (Lipinski definition) is 5. The number of Topliss-reactive ketones (excluding diaryl/α,β-unsaturated/α-hetero) is 1. The van der Waals surface area contributed by atoms with Gasteiger partial charge in [-0.15, -0.1) is 11.3 Å². The molecule has 1 aromatic carbocycles. The van der Waals surface area contributed by atoms with Crippen LogP contribution < -0.4 is 24.8 Å². The Kier molecular flexibility index (Phi) is 4.09. The van der Waals surface area contributed by atoms with E-state index in [2.05, 4.69) is 23.3 Å². The lowest BCUT2D eigenvalue weighted by molar-refractivity contribution is -0.114. The van der Waals surface area contributed by atoms with Crippen molar-refractivity contribution in [1.82, 2.24) is 10.3 Å². The van der Waals surface area contributed by atoms with Crippen LogP contribution in [0.25, 0.3) is 11.6 Å². The quantitative estimate of drug-likeness (QED) is 0.795. The van der Waals surface area contributed by atoms with E-state index < -0.39 is 0 Å². The second-order valence-electron chi connectivity index (χ2n) is 6.67. The van der Waals surface area contributed by atoms with E-state index in [-0.39, 0.29) is 17.4 Å². The van der Waals surface area contributed by atoms with Gasteiger partial charge >= 0.3 is 0 Å². The maximum absolute atomic E-state index is 12.3. The van der Waals surface area contributed by atoms with Gasteiger partial charge in [0.2, 0.25) is 0 Å². The monoisotopic (exact) mass is 356 g/mol. The number of aromatic nitrogens is 1. The van der Waals surface area contributed by atoms with Crippen LogP contribution in [0.2, 0.25) is 0 Å². The summed E-state index contributed by atoms with van der Waals surface area (Å²) in [5.41, 5.74) is 2.68. The highest BCUT2D eigenvalue weighted by molar-refractivity contribution is 7.07. The van der Waals surface area contributed by atoms with Crippen LogP contribution in [-0.2, 0) is 4.79 Å². The highest BCUT2D eigenvalue weighted by Gasteiger charge is 2.26. The van der Waals surface area contributed by atoms with Crippen molar-refractivity contribution in [3.63, 3.8) is 0 Å². The molecule has 0 radical (unpaired) electrons. The summed E-state index contributed by atoms with van der Waals surface area (Å²) in [5, 5.41) is 3.11. The number of hydrogen-bond donors (Lipinski definition) is 2. The fraction of sp³-hybridized carbons (Fsp3) is 0.368. The molecule has 5 nitrogen and oxygen atoms in total. The summed E-state index contributed by atoms with van der Waals surface area (Å²) < 4.78 is 6.96. The van der Waals surface area contributed by atoms with Crippen LogP contribution >= 0.6 is 11.3 Å². The maximum atomic E-state index is 12.3. The van der Waals surface area contributed by atoms with Crippen LogP contribution in [0.3, 0.4) is 0 Å². The van der Waals surface area contributed by atoms with E-state index in [1.165, 1.54) is 16.9 Å². The van der Waals surface area contributed by atoms with E-state index in [0.717, 1.165) is 24.3 Å². The van der Waals surface area contributed by atoms with Crippen molar-refractivity contribution < 1.29 is 9.53 Å². The number of nitrogens with one attached hydrogen (secondary N) is 2. The van der Waals surface area contributed by atoms with Gasteiger partial charge in [-0.05, 0) is 48.6 Å². The number of rotatable bonds is 1. The standard InChI is InChI=1S/C19H20N2O3S/c1-10-5-6-24-15-4-3-12(7-13(10)15)8-16-18(23)21-19(25-16)14-9-20-11(2)17(14)22/h3-4,7-8,10-11,20H,5-6,9H2,1-2H3,(H,21,23)/b16-8-,19-14+. The summed E-state index contributed by atoms with van der Waals surface area (Å²) in [6.45, 7) is 5.29. The Morgan fingerprint density at radius 1 is 1.28 bits per heavy atom. The number of ether oxygens (including phenoxy) is 1. The molecule has 130 valence electrons. The molecule has 0 amide bonds. The summed E-state index contributed by atoms with van der Waals surface area (Å²) in [6, 6.07) is 5.85. The van der Waals surface area contributed by atoms with E-state index >= 15 is 0 Å². The van der Waals surface area contributed by atoms with Crippen LogP contribution in [0, 0.1) is 0 Å². The Balaban J connectivity index is 1.79. The molecule has 3 heterocycles. The molecule has 0 aliphatic carbocycles. The fourth-order valence-electron chi connectivity index (χ4n) is 3.29. The van der Waals surface area contributed by atoms with Gasteiger partial charge in [-0.25, -0.2) is 0 Å². The van der Waals surface area contributed by atoms with Crippen molar-refractivity contribution in [3.8, 4) is 5.75 Å². The molecule has 2 aromatic rings. The summed E-state index contributed by atoms with van der Waals surface area (Å²) >= 11 is 1.34. The lowest BCUT2D eigenvalue weighted by Crippen LogP contribution is -2.22. The predicted molar refractivity (Wildman–Crippen MR) is 98.6 cm³/mol. The molecule has 0 spiro atoms. The van der Waals surface area contributed by atoms with E-state index in [1.807, 2.05) is 25.1 Å². The molecule has 2 aliphatic heterocycles. The molecule has 25 heavy (non-hydrogen) atoms. The Hall–Kier alpha value is -2.18. The Labute approximate surface area is 149 Å². The third-order valence-electron chi connectivity index (χ3n) is 4.88.